The molecule has 0 radical (unpaired) electrons. The zero-order valence-corrected chi connectivity index (χ0v) is 15.4. The van der Waals surface area contributed by atoms with Crippen molar-refractivity contribution in [1.29, 1.82) is 0 Å². The van der Waals surface area contributed by atoms with Gasteiger partial charge < -0.3 is 14.8 Å². The highest BCUT2D eigenvalue weighted by molar-refractivity contribution is 9.10. The van der Waals surface area contributed by atoms with Gasteiger partial charge in [-0.15, -0.1) is 11.8 Å². The van der Waals surface area contributed by atoms with Crippen LogP contribution < -0.4 is 5.32 Å². The van der Waals surface area contributed by atoms with Crippen molar-refractivity contribution in [1.82, 2.24) is 5.32 Å². The van der Waals surface area contributed by atoms with Crippen LogP contribution >= 0.6 is 27.7 Å². The Hall–Kier alpha value is -1.21. The third-order valence-electron chi connectivity index (χ3n) is 2.41. The molecule has 0 aromatic heterocycles. The summed E-state index contributed by atoms with van der Waals surface area (Å²) in [7, 11) is 1.29. The molecule has 0 spiro atoms. The third kappa shape index (κ3) is 7.17. The fraction of sp³-hybridized carbons (Fsp3) is 0.467. The molecular weight excluding hydrogens is 370 g/mol. The number of amides is 1. The molecule has 0 saturated heterocycles. The van der Waals surface area contributed by atoms with Gasteiger partial charge in [-0.1, -0.05) is 15.9 Å². The van der Waals surface area contributed by atoms with E-state index in [0.717, 1.165) is 9.37 Å². The van der Waals surface area contributed by atoms with Gasteiger partial charge in [-0.3, -0.25) is 0 Å². The normalized spacial score (nSPS) is 12.4. The highest BCUT2D eigenvalue weighted by Crippen LogP contribution is 2.21. The number of thioether (sulfide) groups is 1. The highest BCUT2D eigenvalue weighted by atomic mass is 79.9. The second-order valence-corrected chi connectivity index (χ2v) is 7.50. The van der Waals surface area contributed by atoms with Crippen LogP contribution in [0.25, 0.3) is 0 Å². The van der Waals surface area contributed by atoms with Crippen LogP contribution in [-0.4, -0.2) is 36.6 Å². The number of hydrogen-bond acceptors (Lipinski definition) is 5. The lowest BCUT2D eigenvalue weighted by Crippen LogP contribution is -2.45. The maximum Gasteiger partial charge on any atom is 0.408 e. The Morgan fingerprint density at radius 3 is 2.36 bits per heavy atom. The monoisotopic (exact) mass is 389 g/mol. The van der Waals surface area contributed by atoms with Crippen molar-refractivity contribution in [3.63, 3.8) is 0 Å². The number of carbonyl (C=O) groups is 2. The van der Waals surface area contributed by atoms with E-state index in [2.05, 4.69) is 21.2 Å². The smallest absolute Gasteiger partial charge is 0.408 e. The Kier molecular flexibility index (Phi) is 7.22. The second kappa shape index (κ2) is 8.43. The minimum absolute atomic E-state index is 0.355. The van der Waals surface area contributed by atoms with E-state index in [4.69, 9.17) is 9.47 Å². The van der Waals surface area contributed by atoms with E-state index >= 15 is 0 Å². The van der Waals surface area contributed by atoms with Gasteiger partial charge in [0.15, 0.2) is 0 Å². The number of hydrogen-bond donors (Lipinski definition) is 1. The Balaban J connectivity index is 2.63. The fourth-order valence-corrected chi connectivity index (χ4v) is 2.64. The van der Waals surface area contributed by atoms with Crippen molar-refractivity contribution in [2.24, 2.45) is 0 Å². The predicted octanol–water partition coefficient (Wildman–Crippen LogP) is 3.61. The van der Waals surface area contributed by atoms with Gasteiger partial charge in [-0.05, 0) is 45.0 Å². The molecule has 0 aliphatic carbocycles. The average Bonchev–Trinajstić information content (AvgIpc) is 2.42. The molecule has 0 aliphatic rings. The van der Waals surface area contributed by atoms with Crippen LogP contribution in [0.15, 0.2) is 33.6 Å². The number of carbonyl (C=O) groups excluding carboxylic acids is 2. The first kappa shape index (κ1) is 18.8. The summed E-state index contributed by atoms with van der Waals surface area (Å²) in [5.74, 6) is -0.149. The molecule has 7 heteroatoms. The van der Waals surface area contributed by atoms with Gasteiger partial charge in [0, 0.05) is 15.1 Å². The average molecular weight is 390 g/mol. The van der Waals surface area contributed by atoms with Gasteiger partial charge in [0.2, 0.25) is 0 Å². The Morgan fingerprint density at radius 1 is 1.27 bits per heavy atom. The number of methoxy groups -OCH3 is 1. The summed E-state index contributed by atoms with van der Waals surface area (Å²) in [6.45, 7) is 5.28. The lowest BCUT2D eigenvalue weighted by Gasteiger charge is -2.22. The Labute approximate surface area is 143 Å². The van der Waals surface area contributed by atoms with Crippen molar-refractivity contribution in [2.45, 2.75) is 37.3 Å². The zero-order valence-electron chi connectivity index (χ0n) is 13.0. The molecule has 0 fully saturated rings. The molecule has 0 bridgehead atoms. The largest absolute Gasteiger partial charge is 0.467 e. The molecular formula is C15H20BrNO4S. The third-order valence-corrected chi connectivity index (χ3v) is 4.04. The number of halogens is 1. The predicted molar refractivity (Wildman–Crippen MR) is 90.0 cm³/mol. The summed E-state index contributed by atoms with van der Waals surface area (Å²) in [5.41, 5.74) is -0.621. The van der Waals surface area contributed by atoms with E-state index in [1.165, 1.54) is 18.9 Å². The molecule has 5 nitrogen and oxygen atoms in total. The summed E-state index contributed by atoms with van der Waals surface area (Å²) >= 11 is 4.81. The lowest BCUT2D eigenvalue weighted by atomic mass is 10.2. The maximum atomic E-state index is 11.8. The quantitative estimate of drug-likeness (QED) is 0.615. The number of alkyl carbamates (subject to hydrolysis) is 1. The summed E-state index contributed by atoms with van der Waals surface area (Å²) in [6, 6.07) is 6.91. The molecule has 0 saturated carbocycles. The van der Waals surface area contributed by atoms with E-state index in [9.17, 15) is 9.59 Å². The van der Waals surface area contributed by atoms with E-state index in [0.29, 0.717) is 5.75 Å². The van der Waals surface area contributed by atoms with E-state index in [1.54, 1.807) is 20.8 Å². The fourth-order valence-electron chi connectivity index (χ4n) is 1.47. The lowest BCUT2D eigenvalue weighted by molar-refractivity contribution is -0.142. The van der Waals surface area contributed by atoms with Crippen LogP contribution in [0.4, 0.5) is 4.79 Å². The van der Waals surface area contributed by atoms with Crippen LogP contribution in [0, 0.1) is 0 Å². The van der Waals surface area contributed by atoms with Crippen molar-refractivity contribution >= 4 is 39.8 Å². The molecule has 122 valence electrons. The van der Waals surface area contributed by atoms with Gasteiger partial charge in [-0.2, -0.15) is 0 Å². The first-order valence-electron chi connectivity index (χ1n) is 6.67. The summed E-state index contributed by atoms with van der Waals surface area (Å²) in [4.78, 5) is 24.6. The van der Waals surface area contributed by atoms with Crippen LogP contribution in [0.5, 0.6) is 0 Å². The molecule has 1 N–H and O–H groups in total. The standard InChI is InChI=1S/C15H20BrNO4S/c1-15(2,3)21-14(19)17-12(13(18)20-4)9-22-11-7-5-10(16)6-8-11/h5-8,12H,9H2,1-4H3,(H,17,19)/t12-/m0/s1. The Morgan fingerprint density at radius 2 is 1.86 bits per heavy atom. The molecule has 1 amide bonds. The summed E-state index contributed by atoms with van der Waals surface area (Å²) in [6.07, 6.45) is -0.640. The maximum absolute atomic E-state index is 11.8. The minimum Gasteiger partial charge on any atom is -0.467 e. The van der Waals surface area contributed by atoms with Crippen LogP contribution in [0.3, 0.4) is 0 Å². The van der Waals surface area contributed by atoms with E-state index in [-0.39, 0.29) is 0 Å². The zero-order chi connectivity index (χ0) is 16.8. The molecule has 1 aromatic rings. The van der Waals surface area contributed by atoms with E-state index in [1.807, 2.05) is 24.3 Å². The molecule has 1 atom stereocenters. The number of ether oxygens (including phenoxy) is 2. The van der Waals surface area contributed by atoms with Crippen molar-refractivity contribution in [2.75, 3.05) is 12.9 Å². The van der Waals surface area contributed by atoms with Gasteiger partial charge in [0.1, 0.15) is 11.6 Å². The van der Waals surface area contributed by atoms with Crippen LogP contribution in [0.1, 0.15) is 20.8 Å². The molecule has 22 heavy (non-hydrogen) atoms. The first-order valence-corrected chi connectivity index (χ1v) is 8.45. The molecule has 1 rings (SSSR count). The number of nitrogens with one attached hydrogen (secondary N) is 1. The SMILES string of the molecule is COC(=O)[C@H](CSc1ccc(Br)cc1)NC(=O)OC(C)(C)C. The minimum atomic E-state index is -0.770. The van der Waals surface area contributed by atoms with Crippen molar-refractivity contribution in [3.05, 3.63) is 28.7 Å². The first-order chi connectivity index (χ1) is 10.2. The van der Waals surface area contributed by atoms with Gasteiger partial charge >= 0.3 is 12.1 Å². The number of benzene rings is 1. The number of esters is 1. The highest BCUT2D eigenvalue weighted by Gasteiger charge is 2.25. The second-order valence-electron chi connectivity index (χ2n) is 5.49. The number of rotatable bonds is 5. The topological polar surface area (TPSA) is 64.6 Å². The van der Waals surface area contributed by atoms with Crippen LogP contribution in [-0.2, 0) is 14.3 Å². The van der Waals surface area contributed by atoms with Gasteiger partial charge in [-0.25, -0.2) is 9.59 Å². The van der Waals surface area contributed by atoms with Gasteiger partial charge in [0.05, 0.1) is 7.11 Å². The van der Waals surface area contributed by atoms with Gasteiger partial charge in [0.25, 0.3) is 0 Å². The van der Waals surface area contributed by atoms with Crippen LogP contribution in [0.2, 0.25) is 0 Å². The van der Waals surface area contributed by atoms with Crippen molar-refractivity contribution in [3.8, 4) is 0 Å². The summed E-state index contributed by atoms with van der Waals surface area (Å²) < 4.78 is 10.9. The van der Waals surface area contributed by atoms with Crippen molar-refractivity contribution < 1.29 is 19.1 Å². The van der Waals surface area contributed by atoms with E-state index < -0.39 is 23.7 Å². The molecule has 0 aliphatic heterocycles. The molecule has 0 heterocycles. The summed E-state index contributed by atoms with van der Waals surface area (Å²) in [5, 5.41) is 2.54. The molecule has 0 unspecified atom stereocenters. The Bertz CT molecular complexity index is 513. The molecule has 1 aromatic carbocycles.